The molecule has 0 atom stereocenters. The van der Waals surface area contributed by atoms with Gasteiger partial charge in [0.25, 0.3) is 0 Å². The van der Waals surface area contributed by atoms with Crippen LogP contribution in [0.25, 0.3) is 6.08 Å². The van der Waals surface area contributed by atoms with Gasteiger partial charge in [-0.15, -0.1) is 0 Å². The second kappa shape index (κ2) is 8.44. The van der Waals surface area contributed by atoms with Crippen LogP contribution in [0.1, 0.15) is 11.1 Å². The Balaban J connectivity index is 1.44. The third-order valence-corrected chi connectivity index (χ3v) is 5.06. The summed E-state index contributed by atoms with van der Waals surface area (Å²) in [5, 5.41) is 0. The third-order valence-electron chi connectivity index (χ3n) is 4.29. The average Bonchev–Trinajstić information content (AvgIpc) is 2.59. The van der Waals surface area contributed by atoms with Gasteiger partial charge in [-0.2, -0.15) is 0 Å². The van der Waals surface area contributed by atoms with Crippen molar-refractivity contribution in [2.24, 2.45) is 0 Å². The van der Waals surface area contributed by atoms with Crippen molar-refractivity contribution >= 4 is 22.0 Å². The normalized spacial score (nSPS) is 16.9. The van der Waals surface area contributed by atoms with E-state index in [-0.39, 0.29) is 0 Å². The van der Waals surface area contributed by atoms with E-state index in [0.29, 0.717) is 0 Å². The Morgan fingerprint density at radius 1 is 0.826 bits per heavy atom. The van der Waals surface area contributed by atoms with Crippen LogP contribution in [0.15, 0.2) is 65.1 Å². The molecule has 3 heteroatoms. The van der Waals surface area contributed by atoms with Crippen molar-refractivity contribution in [3.63, 3.8) is 0 Å². The highest BCUT2D eigenvalue weighted by Crippen LogP contribution is 2.18. The lowest BCUT2D eigenvalue weighted by atomic mass is 10.2. The van der Waals surface area contributed by atoms with Gasteiger partial charge in [0.15, 0.2) is 0 Å². The van der Waals surface area contributed by atoms with Crippen LogP contribution in [-0.2, 0) is 6.54 Å². The summed E-state index contributed by atoms with van der Waals surface area (Å²) in [5.74, 6) is 0. The largest absolute Gasteiger partial charge is 0.297 e. The molecule has 0 saturated carbocycles. The maximum atomic E-state index is 3.65. The third kappa shape index (κ3) is 5.03. The van der Waals surface area contributed by atoms with E-state index in [9.17, 15) is 0 Å². The Morgan fingerprint density at radius 3 is 2.22 bits per heavy atom. The molecule has 0 N–H and O–H groups in total. The summed E-state index contributed by atoms with van der Waals surface area (Å²) in [6.45, 7) is 6.64. The van der Waals surface area contributed by atoms with Crippen molar-refractivity contribution < 1.29 is 0 Å². The van der Waals surface area contributed by atoms with Gasteiger partial charge in [-0.3, -0.25) is 9.80 Å². The highest BCUT2D eigenvalue weighted by Gasteiger charge is 2.16. The second-order valence-electron chi connectivity index (χ2n) is 5.98. The van der Waals surface area contributed by atoms with E-state index in [2.05, 4.69) is 92.5 Å². The van der Waals surface area contributed by atoms with Crippen LogP contribution in [0, 0.1) is 0 Å². The molecule has 1 aliphatic rings. The Labute approximate surface area is 147 Å². The molecule has 120 valence electrons. The Bertz CT molecular complexity index is 631. The van der Waals surface area contributed by atoms with Crippen LogP contribution in [-0.4, -0.2) is 42.5 Å². The van der Waals surface area contributed by atoms with Gasteiger partial charge in [0.05, 0.1) is 0 Å². The summed E-state index contributed by atoms with van der Waals surface area (Å²) >= 11 is 3.65. The zero-order valence-corrected chi connectivity index (χ0v) is 15.0. The first-order valence-corrected chi connectivity index (χ1v) is 9.00. The molecule has 2 aromatic carbocycles. The van der Waals surface area contributed by atoms with E-state index in [1.54, 1.807) is 0 Å². The van der Waals surface area contributed by atoms with Gasteiger partial charge in [0.2, 0.25) is 0 Å². The highest BCUT2D eigenvalue weighted by atomic mass is 79.9. The van der Waals surface area contributed by atoms with Gasteiger partial charge in [-0.1, -0.05) is 76.6 Å². The van der Waals surface area contributed by atoms with E-state index in [1.165, 1.54) is 15.6 Å². The van der Waals surface area contributed by atoms with Crippen LogP contribution in [0.3, 0.4) is 0 Å². The summed E-state index contributed by atoms with van der Waals surface area (Å²) in [7, 11) is 0. The first-order valence-electron chi connectivity index (χ1n) is 8.21. The monoisotopic (exact) mass is 370 g/mol. The number of halogens is 1. The topological polar surface area (TPSA) is 6.48 Å². The molecule has 23 heavy (non-hydrogen) atoms. The van der Waals surface area contributed by atoms with E-state index >= 15 is 0 Å². The summed E-state index contributed by atoms with van der Waals surface area (Å²) < 4.78 is 1.22. The van der Waals surface area contributed by atoms with Crippen molar-refractivity contribution in [1.82, 2.24) is 9.80 Å². The van der Waals surface area contributed by atoms with Gasteiger partial charge in [0, 0.05) is 43.7 Å². The number of rotatable bonds is 5. The van der Waals surface area contributed by atoms with Crippen molar-refractivity contribution in [3.05, 3.63) is 76.3 Å². The van der Waals surface area contributed by atoms with Crippen molar-refractivity contribution in [2.45, 2.75) is 6.54 Å². The number of benzene rings is 2. The molecule has 1 heterocycles. The molecular weight excluding hydrogens is 348 g/mol. The molecule has 2 aromatic rings. The second-order valence-corrected chi connectivity index (χ2v) is 6.84. The zero-order chi connectivity index (χ0) is 15.9. The number of nitrogens with zero attached hydrogens (tertiary/aromatic N) is 2. The minimum absolute atomic E-state index is 1.04. The lowest BCUT2D eigenvalue weighted by Crippen LogP contribution is -2.45. The van der Waals surface area contributed by atoms with E-state index in [4.69, 9.17) is 0 Å². The van der Waals surface area contributed by atoms with E-state index < -0.39 is 0 Å². The van der Waals surface area contributed by atoms with E-state index in [1.807, 2.05) is 0 Å². The zero-order valence-electron chi connectivity index (χ0n) is 13.4. The van der Waals surface area contributed by atoms with Gasteiger partial charge >= 0.3 is 0 Å². The molecule has 2 nitrogen and oxygen atoms in total. The molecule has 0 aliphatic carbocycles. The summed E-state index contributed by atoms with van der Waals surface area (Å²) in [6.07, 6.45) is 4.49. The quantitative estimate of drug-likeness (QED) is 0.774. The molecule has 0 amide bonds. The predicted octanol–water partition coefficient (Wildman–Crippen LogP) is 4.28. The Hall–Kier alpha value is -1.42. The molecule has 0 spiro atoms. The fraction of sp³-hybridized carbons (Fsp3) is 0.300. The van der Waals surface area contributed by atoms with Crippen molar-refractivity contribution in [2.75, 3.05) is 32.7 Å². The number of hydrogen-bond acceptors (Lipinski definition) is 2. The average molecular weight is 371 g/mol. The maximum absolute atomic E-state index is 3.65. The minimum atomic E-state index is 1.04. The molecule has 3 rings (SSSR count). The summed E-state index contributed by atoms with van der Waals surface area (Å²) in [4.78, 5) is 5.06. The minimum Gasteiger partial charge on any atom is -0.297 e. The summed E-state index contributed by atoms with van der Waals surface area (Å²) in [5.41, 5.74) is 2.66. The lowest BCUT2D eigenvalue weighted by Gasteiger charge is -2.34. The van der Waals surface area contributed by atoms with E-state index in [0.717, 1.165) is 39.3 Å². The van der Waals surface area contributed by atoms with Crippen LogP contribution < -0.4 is 0 Å². The van der Waals surface area contributed by atoms with Crippen LogP contribution in [0.2, 0.25) is 0 Å². The fourth-order valence-electron chi connectivity index (χ4n) is 2.90. The van der Waals surface area contributed by atoms with Gasteiger partial charge < -0.3 is 0 Å². The number of piperazine rings is 1. The Kier molecular flexibility index (Phi) is 6.03. The molecule has 0 bridgehead atoms. The molecule has 0 unspecified atom stereocenters. The molecule has 1 aliphatic heterocycles. The van der Waals surface area contributed by atoms with Crippen LogP contribution in [0.5, 0.6) is 0 Å². The Morgan fingerprint density at radius 2 is 1.48 bits per heavy atom. The highest BCUT2D eigenvalue weighted by molar-refractivity contribution is 9.10. The first-order chi connectivity index (χ1) is 11.3. The smallest absolute Gasteiger partial charge is 0.0246 e. The molecule has 1 saturated heterocycles. The SMILES string of the molecule is Brc1ccccc1CN1CCN(CC=Cc2ccccc2)CC1. The van der Waals surface area contributed by atoms with Crippen LogP contribution >= 0.6 is 15.9 Å². The lowest BCUT2D eigenvalue weighted by molar-refractivity contribution is 0.137. The van der Waals surface area contributed by atoms with Crippen molar-refractivity contribution in [3.8, 4) is 0 Å². The van der Waals surface area contributed by atoms with Crippen molar-refractivity contribution in [1.29, 1.82) is 0 Å². The van der Waals surface area contributed by atoms with Gasteiger partial charge in [-0.25, -0.2) is 0 Å². The molecule has 0 aromatic heterocycles. The number of hydrogen-bond donors (Lipinski definition) is 0. The first kappa shape index (κ1) is 16.4. The molecule has 1 fully saturated rings. The van der Waals surface area contributed by atoms with Gasteiger partial charge in [-0.05, 0) is 17.2 Å². The summed E-state index contributed by atoms with van der Waals surface area (Å²) in [6, 6.07) is 19.0. The molecular formula is C20H23BrN2. The van der Waals surface area contributed by atoms with Crippen LogP contribution in [0.4, 0.5) is 0 Å². The fourth-order valence-corrected chi connectivity index (χ4v) is 3.31. The predicted molar refractivity (Wildman–Crippen MR) is 101 cm³/mol. The van der Waals surface area contributed by atoms with Gasteiger partial charge in [0.1, 0.15) is 0 Å². The molecule has 0 radical (unpaired) electrons. The standard InChI is InChI=1S/C20H23BrN2/c21-20-11-5-4-10-19(20)17-23-15-13-22(14-16-23)12-6-9-18-7-2-1-3-8-18/h1-11H,12-17H2. The maximum Gasteiger partial charge on any atom is 0.0246 e.